The molecule has 1 amide bonds. The lowest BCUT2D eigenvalue weighted by atomic mass is 10.0. The van der Waals surface area contributed by atoms with Gasteiger partial charge in [0.25, 0.3) is 0 Å². The smallest absolute Gasteiger partial charge is 0.220 e. The molecule has 19 heavy (non-hydrogen) atoms. The lowest BCUT2D eigenvalue weighted by Gasteiger charge is -2.12. The third-order valence-electron chi connectivity index (χ3n) is 3.15. The fourth-order valence-electron chi connectivity index (χ4n) is 1.95. The van der Waals surface area contributed by atoms with Gasteiger partial charge in [-0.05, 0) is 23.6 Å². The topological polar surface area (TPSA) is 42.2 Å². The van der Waals surface area contributed by atoms with Crippen molar-refractivity contribution in [2.24, 2.45) is 0 Å². The van der Waals surface area contributed by atoms with Crippen molar-refractivity contribution in [1.82, 2.24) is 5.32 Å². The molecular formula is C16H19NO2. The van der Waals surface area contributed by atoms with Crippen LogP contribution < -0.4 is 5.32 Å². The highest BCUT2D eigenvalue weighted by molar-refractivity contribution is 5.76. The standard InChI is InChI=1S/C16H19NO2/c1-13(14-6-3-2-4-7-14)12-17-16(18)10-9-15-8-5-11-19-15/h2-8,11,13H,9-10,12H2,1H3,(H,17,18)/t13-/m0/s1. The second-order valence-corrected chi connectivity index (χ2v) is 4.70. The van der Waals surface area contributed by atoms with Crippen LogP contribution in [0.4, 0.5) is 0 Å². The molecule has 0 bridgehead atoms. The van der Waals surface area contributed by atoms with Gasteiger partial charge in [0.2, 0.25) is 5.91 Å². The molecule has 2 aromatic rings. The summed E-state index contributed by atoms with van der Waals surface area (Å²) in [5.74, 6) is 1.25. The van der Waals surface area contributed by atoms with E-state index in [4.69, 9.17) is 4.42 Å². The molecule has 2 rings (SSSR count). The summed E-state index contributed by atoms with van der Waals surface area (Å²) in [5.41, 5.74) is 1.24. The van der Waals surface area contributed by atoms with E-state index in [9.17, 15) is 4.79 Å². The van der Waals surface area contributed by atoms with Crippen molar-refractivity contribution in [3.8, 4) is 0 Å². The van der Waals surface area contributed by atoms with Crippen molar-refractivity contribution < 1.29 is 9.21 Å². The van der Waals surface area contributed by atoms with E-state index in [0.717, 1.165) is 5.76 Å². The highest BCUT2D eigenvalue weighted by Crippen LogP contribution is 2.13. The minimum absolute atomic E-state index is 0.0687. The van der Waals surface area contributed by atoms with Crippen molar-refractivity contribution >= 4 is 5.91 Å². The van der Waals surface area contributed by atoms with Gasteiger partial charge in [0, 0.05) is 19.4 Å². The molecule has 0 fully saturated rings. The quantitative estimate of drug-likeness (QED) is 0.863. The number of hydrogen-bond donors (Lipinski definition) is 1. The van der Waals surface area contributed by atoms with Gasteiger partial charge in [0.05, 0.1) is 6.26 Å². The second kappa shape index (κ2) is 6.78. The number of benzene rings is 1. The van der Waals surface area contributed by atoms with Crippen LogP contribution in [0.5, 0.6) is 0 Å². The van der Waals surface area contributed by atoms with Crippen molar-refractivity contribution in [2.75, 3.05) is 6.54 Å². The maximum atomic E-state index is 11.7. The van der Waals surface area contributed by atoms with Crippen LogP contribution in [0.1, 0.15) is 30.6 Å². The largest absolute Gasteiger partial charge is 0.469 e. The molecule has 3 nitrogen and oxygen atoms in total. The zero-order valence-corrected chi connectivity index (χ0v) is 11.1. The van der Waals surface area contributed by atoms with E-state index in [2.05, 4.69) is 24.4 Å². The van der Waals surface area contributed by atoms with E-state index in [1.165, 1.54) is 5.56 Å². The number of aryl methyl sites for hydroxylation is 1. The van der Waals surface area contributed by atoms with E-state index in [1.54, 1.807) is 6.26 Å². The Balaban J connectivity index is 1.71. The van der Waals surface area contributed by atoms with Gasteiger partial charge in [-0.1, -0.05) is 37.3 Å². The van der Waals surface area contributed by atoms with Crippen LogP contribution in [-0.4, -0.2) is 12.5 Å². The number of nitrogens with one attached hydrogen (secondary N) is 1. The van der Waals surface area contributed by atoms with Gasteiger partial charge < -0.3 is 9.73 Å². The highest BCUT2D eigenvalue weighted by atomic mass is 16.3. The van der Waals surface area contributed by atoms with Crippen molar-refractivity contribution in [1.29, 1.82) is 0 Å². The molecule has 1 heterocycles. The van der Waals surface area contributed by atoms with Crippen LogP contribution in [0.2, 0.25) is 0 Å². The van der Waals surface area contributed by atoms with Crippen LogP contribution >= 0.6 is 0 Å². The Morgan fingerprint density at radius 1 is 1.21 bits per heavy atom. The molecular weight excluding hydrogens is 238 g/mol. The Kier molecular flexibility index (Phi) is 4.78. The average Bonchev–Trinajstić information content (AvgIpc) is 2.96. The molecule has 1 aromatic heterocycles. The predicted molar refractivity (Wildman–Crippen MR) is 74.9 cm³/mol. The number of amides is 1. The molecule has 0 spiro atoms. The van der Waals surface area contributed by atoms with Gasteiger partial charge in [-0.25, -0.2) is 0 Å². The first-order valence-corrected chi connectivity index (χ1v) is 6.59. The van der Waals surface area contributed by atoms with Crippen LogP contribution in [-0.2, 0) is 11.2 Å². The first-order valence-electron chi connectivity index (χ1n) is 6.59. The maximum absolute atomic E-state index is 11.7. The van der Waals surface area contributed by atoms with Gasteiger partial charge in [-0.2, -0.15) is 0 Å². The summed E-state index contributed by atoms with van der Waals surface area (Å²) in [6.45, 7) is 2.78. The van der Waals surface area contributed by atoms with Crippen molar-refractivity contribution in [3.05, 3.63) is 60.1 Å². The molecule has 100 valence electrons. The summed E-state index contributed by atoms with van der Waals surface area (Å²) in [7, 11) is 0. The summed E-state index contributed by atoms with van der Waals surface area (Å²) < 4.78 is 5.20. The minimum atomic E-state index is 0.0687. The third kappa shape index (κ3) is 4.28. The van der Waals surface area contributed by atoms with Crippen LogP contribution in [0, 0.1) is 0 Å². The molecule has 0 aliphatic rings. The number of carbonyl (C=O) groups is 1. The molecule has 1 atom stereocenters. The lowest BCUT2D eigenvalue weighted by molar-refractivity contribution is -0.121. The van der Waals surface area contributed by atoms with E-state index >= 15 is 0 Å². The van der Waals surface area contributed by atoms with Crippen molar-refractivity contribution in [3.63, 3.8) is 0 Å². The second-order valence-electron chi connectivity index (χ2n) is 4.70. The van der Waals surface area contributed by atoms with Gasteiger partial charge in [-0.3, -0.25) is 4.79 Å². The van der Waals surface area contributed by atoms with E-state index in [0.29, 0.717) is 25.3 Å². The molecule has 0 saturated heterocycles. The van der Waals surface area contributed by atoms with E-state index in [1.807, 2.05) is 30.3 Å². The van der Waals surface area contributed by atoms with E-state index in [-0.39, 0.29) is 5.91 Å². The molecule has 3 heteroatoms. The SMILES string of the molecule is C[C@@H](CNC(=O)CCc1ccco1)c1ccccc1. The number of hydrogen-bond acceptors (Lipinski definition) is 2. The fraction of sp³-hybridized carbons (Fsp3) is 0.312. The molecule has 0 radical (unpaired) electrons. The Morgan fingerprint density at radius 2 is 2.00 bits per heavy atom. The number of rotatable bonds is 6. The van der Waals surface area contributed by atoms with Gasteiger partial charge in [0.15, 0.2) is 0 Å². The lowest BCUT2D eigenvalue weighted by Crippen LogP contribution is -2.27. The van der Waals surface area contributed by atoms with Gasteiger partial charge in [-0.15, -0.1) is 0 Å². The Bertz CT molecular complexity index is 491. The molecule has 0 unspecified atom stereocenters. The molecule has 0 aliphatic carbocycles. The Morgan fingerprint density at radius 3 is 2.68 bits per heavy atom. The summed E-state index contributed by atoms with van der Waals surface area (Å²) in [6, 6.07) is 13.9. The Labute approximate surface area is 113 Å². The Hall–Kier alpha value is -2.03. The first kappa shape index (κ1) is 13.4. The van der Waals surface area contributed by atoms with Gasteiger partial charge in [0.1, 0.15) is 5.76 Å². The van der Waals surface area contributed by atoms with Crippen LogP contribution in [0.3, 0.4) is 0 Å². The summed E-state index contributed by atoms with van der Waals surface area (Å²) in [4.78, 5) is 11.7. The van der Waals surface area contributed by atoms with Crippen LogP contribution in [0.25, 0.3) is 0 Å². The molecule has 1 N–H and O–H groups in total. The highest BCUT2D eigenvalue weighted by Gasteiger charge is 2.08. The minimum Gasteiger partial charge on any atom is -0.469 e. The summed E-state index contributed by atoms with van der Waals surface area (Å²) >= 11 is 0. The first-order chi connectivity index (χ1) is 9.25. The predicted octanol–water partition coefficient (Wildman–Crippen LogP) is 3.13. The zero-order valence-electron chi connectivity index (χ0n) is 11.1. The fourth-order valence-corrected chi connectivity index (χ4v) is 1.95. The monoisotopic (exact) mass is 257 g/mol. The summed E-state index contributed by atoms with van der Waals surface area (Å²) in [6.07, 6.45) is 2.75. The zero-order chi connectivity index (χ0) is 13.5. The molecule has 0 aliphatic heterocycles. The van der Waals surface area contributed by atoms with Gasteiger partial charge >= 0.3 is 0 Å². The average molecular weight is 257 g/mol. The summed E-state index contributed by atoms with van der Waals surface area (Å²) in [5, 5.41) is 2.96. The number of furan rings is 1. The molecule has 1 aromatic carbocycles. The molecule has 0 saturated carbocycles. The third-order valence-corrected chi connectivity index (χ3v) is 3.15. The normalized spacial score (nSPS) is 12.1. The number of carbonyl (C=O) groups excluding carboxylic acids is 1. The van der Waals surface area contributed by atoms with Crippen molar-refractivity contribution in [2.45, 2.75) is 25.7 Å². The maximum Gasteiger partial charge on any atom is 0.220 e. The van der Waals surface area contributed by atoms with E-state index < -0.39 is 0 Å². The van der Waals surface area contributed by atoms with Crippen LogP contribution in [0.15, 0.2) is 53.1 Å².